The number of hydrogen-bond donors (Lipinski definition) is 2. The molecule has 0 spiro atoms. The van der Waals surface area contributed by atoms with Crippen LogP contribution in [0.5, 0.6) is 0 Å². The van der Waals surface area contributed by atoms with Gasteiger partial charge in [0.15, 0.2) is 0 Å². The summed E-state index contributed by atoms with van der Waals surface area (Å²) in [5.41, 5.74) is 2.42. The van der Waals surface area contributed by atoms with Crippen LogP contribution in [0.4, 0.5) is 5.69 Å². The second-order valence-electron chi connectivity index (χ2n) is 5.67. The molecule has 2 aliphatic heterocycles. The van der Waals surface area contributed by atoms with Crippen molar-refractivity contribution < 1.29 is 9.59 Å². The van der Waals surface area contributed by atoms with Gasteiger partial charge in [0.05, 0.1) is 6.42 Å². The topological polar surface area (TPSA) is 61.4 Å². The maximum Gasteiger partial charge on any atom is 0.254 e. The van der Waals surface area contributed by atoms with Crippen LogP contribution < -0.4 is 10.6 Å². The van der Waals surface area contributed by atoms with Crippen molar-refractivity contribution in [3.63, 3.8) is 0 Å². The molecule has 0 aromatic heterocycles. The highest BCUT2D eigenvalue weighted by Crippen LogP contribution is 2.25. The molecule has 112 valence electrons. The molecule has 1 saturated heterocycles. The summed E-state index contributed by atoms with van der Waals surface area (Å²) in [5, 5.41) is 6.14. The molecule has 1 aromatic carbocycles. The monoisotopic (exact) mass is 287 g/mol. The van der Waals surface area contributed by atoms with Crippen molar-refractivity contribution in [2.45, 2.75) is 32.2 Å². The molecule has 2 heterocycles. The van der Waals surface area contributed by atoms with Crippen molar-refractivity contribution >= 4 is 17.5 Å². The van der Waals surface area contributed by atoms with Crippen molar-refractivity contribution in [1.29, 1.82) is 0 Å². The molecule has 2 amide bonds. The lowest BCUT2D eigenvalue weighted by molar-refractivity contribution is -0.115. The molecule has 2 aliphatic rings. The summed E-state index contributed by atoms with van der Waals surface area (Å²) in [6, 6.07) is 5.85. The van der Waals surface area contributed by atoms with Crippen molar-refractivity contribution in [2.75, 3.05) is 25.0 Å². The standard InChI is InChI=1S/C16H21N3O2/c1-2-19(13-5-7-17-8-6-13)16(21)12-4-3-11-10-15(20)18-14(11)9-12/h3-4,9,13,17H,2,5-8,10H2,1H3,(H,18,20). The number of piperidine rings is 1. The predicted molar refractivity (Wildman–Crippen MR) is 81.4 cm³/mol. The van der Waals surface area contributed by atoms with E-state index in [1.165, 1.54) is 0 Å². The zero-order valence-corrected chi connectivity index (χ0v) is 12.3. The van der Waals surface area contributed by atoms with Crippen molar-refractivity contribution in [3.05, 3.63) is 29.3 Å². The van der Waals surface area contributed by atoms with Gasteiger partial charge in [-0.2, -0.15) is 0 Å². The molecule has 5 heteroatoms. The largest absolute Gasteiger partial charge is 0.336 e. The van der Waals surface area contributed by atoms with E-state index in [0.717, 1.165) is 37.2 Å². The van der Waals surface area contributed by atoms with Crippen LogP contribution >= 0.6 is 0 Å². The van der Waals surface area contributed by atoms with Crippen LogP contribution in [-0.2, 0) is 11.2 Å². The van der Waals surface area contributed by atoms with E-state index in [9.17, 15) is 9.59 Å². The Morgan fingerprint density at radius 2 is 2.10 bits per heavy atom. The molecular weight excluding hydrogens is 266 g/mol. The van der Waals surface area contributed by atoms with Gasteiger partial charge in [0, 0.05) is 23.8 Å². The fraction of sp³-hybridized carbons (Fsp3) is 0.500. The minimum atomic E-state index is 0.000279. The molecule has 0 unspecified atom stereocenters. The van der Waals surface area contributed by atoms with E-state index in [1.54, 1.807) is 0 Å². The van der Waals surface area contributed by atoms with Gasteiger partial charge in [-0.15, -0.1) is 0 Å². The number of anilines is 1. The minimum absolute atomic E-state index is 0.000279. The number of benzene rings is 1. The highest BCUT2D eigenvalue weighted by molar-refractivity contribution is 6.02. The minimum Gasteiger partial charge on any atom is -0.336 e. The van der Waals surface area contributed by atoms with Gasteiger partial charge in [-0.25, -0.2) is 0 Å². The summed E-state index contributed by atoms with van der Waals surface area (Å²) in [5.74, 6) is 0.0636. The predicted octanol–water partition coefficient (Wildman–Crippen LogP) is 1.40. The average Bonchev–Trinajstić information content (AvgIpc) is 2.88. The van der Waals surface area contributed by atoms with Crippen LogP contribution in [0.1, 0.15) is 35.7 Å². The summed E-state index contributed by atoms with van der Waals surface area (Å²) in [6.07, 6.45) is 2.41. The van der Waals surface area contributed by atoms with Gasteiger partial charge >= 0.3 is 0 Å². The van der Waals surface area contributed by atoms with Gasteiger partial charge in [-0.05, 0) is 50.6 Å². The second-order valence-corrected chi connectivity index (χ2v) is 5.67. The second kappa shape index (κ2) is 5.85. The Bertz CT molecular complexity index is 565. The van der Waals surface area contributed by atoms with Crippen molar-refractivity contribution in [1.82, 2.24) is 10.2 Å². The Hall–Kier alpha value is -1.88. The number of rotatable bonds is 3. The molecule has 0 aliphatic carbocycles. The highest BCUT2D eigenvalue weighted by atomic mass is 16.2. The van der Waals surface area contributed by atoms with Gasteiger partial charge in [0.1, 0.15) is 0 Å². The number of amides is 2. The molecule has 3 rings (SSSR count). The first kappa shape index (κ1) is 14.1. The van der Waals surface area contributed by atoms with Gasteiger partial charge in [0.25, 0.3) is 5.91 Å². The van der Waals surface area contributed by atoms with Crippen molar-refractivity contribution in [3.8, 4) is 0 Å². The number of carbonyl (C=O) groups excluding carboxylic acids is 2. The smallest absolute Gasteiger partial charge is 0.254 e. The number of hydrogen-bond acceptors (Lipinski definition) is 3. The van der Waals surface area contributed by atoms with Crippen molar-refractivity contribution in [2.24, 2.45) is 0 Å². The summed E-state index contributed by atoms with van der Waals surface area (Å²) in [6.45, 7) is 4.67. The maximum absolute atomic E-state index is 12.7. The first-order valence-electron chi connectivity index (χ1n) is 7.63. The van der Waals surface area contributed by atoms with E-state index in [1.807, 2.05) is 30.0 Å². The summed E-state index contributed by atoms with van der Waals surface area (Å²) >= 11 is 0. The zero-order chi connectivity index (χ0) is 14.8. The summed E-state index contributed by atoms with van der Waals surface area (Å²) in [4.78, 5) is 26.1. The number of fused-ring (bicyclic) bond motifs is 1. The molecular formula is C16H21N3O2. The van der Waals surface area contributed by atoms with E-state index in [0.29, 0.717) is 24.6 Å². The highest BCUT2D eigenvalue weighted by Gasteiger charge is 2.26. The quantitative estimate of drug-likeness (QED) is 0.883. The molecule has 2 N–H and O–H groups in total. The fourth-order valence-corrected chi connectivity index (χ4v) is 3.20. The molecule has 21 heavy (non-hydrogen) atoms. The van der Waals surface area contributed by atoms with Crippen LogP contribution in [-0.4, -0.2) is 42.4 Å². The lowest BCUT2D eigenvalue weighted by atomic mass is 10.0. The third-order valence-corrected chi connectivity index (χ3v) is 4.33. The number of carbonyl (C=O) groups is 2. The van der Waals surface area contributed by atoms with Crippen LogP contribution in [0.25, 0.3) is 0 Å². The molecule has 0 radical (unpaired) electrons. The molecule has 0 bridgehead atoms. The van der Waals surface area contributed by atoms with Crippen LogP contribution in [0, 0.1) is 0 Å². The zero-order valence-electron chi connectivity index (χ0n) is 12.3. The molecule has 1 fully saturated rings. The number of nitrogens with one attached hydrogen (secondary N) is 2. The normalized spacial score (nSPS) is 18.2. The Morgan fingerprint density at radius 3 is 2.81 bits per heavy atom. The molecule has 0 saturated carbocycles. The van der Waals surface area contributed by atoms with E-state index in [-0.39, 0.29) is 11.8 Å². The van der Waals surface area contributed by atoms with E-state index < -0.39 is 0 Å². The third kappa shape index (κ3) is 2.78. The van der Waals surface area contributed by atoms with E-state index in [2.05, 4.69) is 10.6 Å². The summed E-state index contributed by atoms with van der Waals surface area (Å²) < 4.78 is 0. The first-order valence-corrected chi connectivity index (χ1v) is 7.63. The molecule has 1 aromatic rings. The van der Waals surface area contributed by atoms with Gasteiger partial charge in [-0.3, -0.25) is 9.59 Å². The fourth-order valence-electron chi connectivity index (χ4n) is 3.20. The maximum atomic E-state index is 12.7. The van der Waals surface area contributed by atoms with Gasteiger partial charge < -0.3 is 15.5 Å². The Balaban J connectivity index is 1.80. The van der Waals surface area contributed by atoms with Gasteiger partial charge in [0.2, 0.25) is 5.91 Å². The van der Waals surface area contributed by atoms with E-state index >= 15 is 0 Å². The summed E-state index contributed by atoms with van der Waals surface area (Å²) in [7, 11) is 0. The lowest BCUT2D eigenvalue weighted by Crippen LogP contribution is -2.46. The molecule has 0 atom stereocenters. The Labute approximate surface area is 124 Å². The molecule has 5 nitrogen and oxygen atoms in total. The van der Waals surface area contributed by atoms with Crippen LogP contribution in [0.15, 0.2) is 18.2 Å². The first-order chi connectivity index (χ1) is 10.2. The lowest BCUT2D eigenvalue weighted by Gasteiger charge is -2.34. The SMILES string of the molecule is CCN(C(=O)c1ccc2c(c1)NC(=O)C2)C1CCNCC1. The third-order valence-electron chi connectivity index (χ3n) is 4.33. The average molecular weight is 287 g/mol. The van der Waals surface area contributed by atoms with Crippen LogP contribution in [0.2, 0.25) is 0 Å². The number of nitrogens with zero attached hydrogens (tertiary/aromatic N) is 1. The van der Waals surface area contributed by atoms with Gasteiger partial charge in [-0.1, -0.05) is 6.07 Å². The van der Waals surface area contributed by atoms with Crippen LogP contribution in [0.3, 0.4) is 0 Å². The Kier molecular flexibility index (Phi) is 3.92. The Morgan fingerprint density at radius 1 is 1.33 bits per heavy atom. The van der Waals surface area contributed by atoms with E-state index in [4.69, 9.17) is 0 Å².